The fourth-order valence-electron chi connectivity index (χ4n) is 4.78. The SMILES string of the molecule is O=C(NC1[C@H]2CN(C(=O)c3cccc(Nc4ccccc4)n3)C[C@@H]12)c1ccnc(Nc2ccccc2)n1. The highest BCUT2D eigenvalue weighted by molar-refractivity contribution is 5.94. The summed E-state index contributed by atoms with van der Waals surface area (Å²) >= 11 is 0. The van der Waals surface area contributed by atoms with Gasteiger partial charge in [0.2, 0.25) is 5.95 Å². The third-order valence-corrected chi connectivity index (χ3v) is 6.71. The molecule has 3 N–H and O–H groups in total. The van der Waals surface area contributed by atoms with Gasteiger partial charge < -0.3 is 20.9 Å². The number of nitrogens with one attached hydrogen (secondary N) is 3. The number of rotatable bonds is 7. The molecule has 2 aromatic carbocycles. The van der Waals surface area contributed by atoms with E-state index in [4.69, 9.17) is 0 Å². The Bertz CT molecular complexity index is 1420. The van der Waals surface area contributed by atoms with Crippen LogP contribution in [0.2, 0.25) is 0 Å². The van der Waals surface area contributed by atoms with E-state index >= 15 is 0 Å². The number of aromatic nitrogens is 3. The van der Waals surface area contributed by atoms with Gasteiger partial charge in [-0.2, -0.15) is 0 Å². The maximum Gasteiger partial charge on any atom is 0.272 e. The summed E-state index contributed by atoms with van der Waals surface area (Å²) in [4.78, 5) is 40.8. The Morgan fingerprint density at radius 2 is 1.41 bits per heavy atom. The van der Waals surface area contributed by atoms with E-state index in [1.54, 1.807) is 18.3 Å². The first kappa shape index (κ1) is 22.7. The van der Waals surface area contributed by atoms with Crippen LogP contribution in [-0.4, -0.2) is 50.8 Å². The second kappa shape index (κ2) is 9.69. The summed E-state index contributed by atoms with van der Waals surface area (Å²) in [5.41, 5.74) is 2.46. The predicted octanol–water partition coefficient (Wildman–Crippen LogP) is 3.86. The number of anilines is 4. The molecule has 3 atom stereocenters. The molecule has 2 aromatic heterocycles. The number of carbonyl (C=O) groups is 2. The van der Waals surface area contributed by atoms with Crippen molar-refractivity contribution in [1.29, 1.82) is 0 Å². The van der Waals surface area contributed by atoms with Crippen LogP contribution in [-0.2, 0) is 0 Å². The third-order valence-electron chi connectivity index (χ3n) is 6.71. The Morgan fingerprint density at radius 1 is 0.730 bits per heavy atom. The van der Waals surface area contributed by atoms with Gasteiger partial charge in [0.1, 0.15) is 17.2 Å². The molecule has 0 radical (unpaired) electrons. The number of piperidine rings is 1. The molecular weight excluding hydrogens is 466 g/mol. The van der Waals surface area contributed by atoms with E-state index in [-0.39, 0.29) is 29.7 Å². The molecular formula is C28H25N7O2. The second-order valence-electron chi connectivity index (χ2n) is 9.19. The van der Waals surface area contributed by atoms with E-state index in [0.29, 0.717) is 36.2 Å². The summed E-state index contributed by atoms with van der Waals surface area (Å²) in [6.07, 6.45) is 1.56. The Morgan fingerprint density at radius 3 is 2.11 bits per heavy atom. The maximum atomic E-state index is 13.1. The second-order valence-corrected chi connectivity index (χ2v) is 9.19. The molecule has 9 heteroatoms. The summed E-state index contributed by atoms with van der Waals surface area (Å²) in [5, 5.41) is 9.41. The van der Waals surface area contributed by atoms with Crippen LogP contribution in [0.25, 0.3) is 0 Å². The van der Waals surface area contributed by atoms with Gasteiger partial charge in [-0.25, -0.2) is 15.0 Å². The molecule has 4 aromatic rings. The standard InChI is InChI=1S/C28H25N7O2/c36-26(22-14-15-29-28(33-22)31-19-10-5-2-6-11-19)34-25-20-16-35(17-21(20)25)27(37)23-12-7-13-24(32-23)30-18-8-3-1-4-9-18/h1-15,20-21,25H,16-17H2,(H,30,32)(H,34,36)(H,29,31,33)/t20-,21+,25?. The predicted molar refractivity (Wildman–Crippen MR) is 140 cm³/mol. The number of para-hydroxylation sites is 2. The highest BCUT2D eigenvalue weighted by Gasteiger charge is 2.57. The van der Waals surface area contributed by atoms with Gasteiger partial charge in [-0.15, -0.1) is 0 Å². The number of hydrogen-bond acceptors (Lipinski definition) is 7. The van der Waals surface area contributed by atoms with Gasteiger partial charge in [0.25, 0.3) is 11.8 Å². The minimum atomic E-state index is -0.239. The van der Waals surface area contributed by atoms with E-state index in [1.165, 1.54) is 0 Å². The molecule has 1 aliphatic carbocycles. The molecule has 1 unspecified atom stereocenters. The van der Waals surface area contributed by atoms with Crippen LogP contribution in [0.4, 0.5) is 23.1 Å². The average Bonchev–Trinajstić information content (AvgIpc) is 3.36. The van der Waals surface area contributed by atoms with E-state index < -0.39 is 0 Å². The van der Waals surface area contributed by atoms with Crippen LogP contribution in [0.5, 0.6) is 0 Å². The highest BCUT2D eigenvalue weighted by Crippen LogP contribution is 2.45. The van der Waals surface area contributed by atoms with Crippen LogP contribution >= 0.6 is 0 Å². The lowest BCUT2D eigenvalue weighted by Gasteiger charge is -2.20. The van der Waals surface area contributed by atoms with Crippen molar-refractivity contribution in [2.75, 3.05) is 23.7 Å². The lowest BCUT2D eigenvalue weighted by Crippen LogP contribution is -2.38. The van der Waals surface area contributed by atoms with Gasteiger partial charge in [0, 0.05) is 48.5 Å². The van der Waals surface area contributed by atoms with Crippen LogP contribution in [0, 0.1) is 11.8 Å². The summed E-state index contributed by atoms with van der Waals surface area (Å²) in [6, 6.07) is 26.3. The van der Waals surface area contributed by atoms with Crippen molar-refractivity contribution in [3.05, 3.63) is 103 Å². The molecule has 0 spiro atoms. The molecule has 2 aliphatic rings. The number of pyridine rings is 1. The first-order valence-corrected chi connectivity index (χ1v) is 12.2. The molecule has 1 aliphatic heterocycles. The number of carbonyl (C=O) groups excluding carboxylic acids is 2. The monoisotopic (exact) mass is 491 g/mol. The molecule has 184 valence electrons. The minimum Gasteiger partial charge on any atom is -0.347 e. The van der Waals surface area contributed by atoms with Crippen molar-refractivity contribution in [2.24, 2.45) is 11.8 Å². The van der Waals surface area contributed by atoms with Crippen molar-refractivity contribution >= 4 is 35.0 Å². The first-order valence-electron chi connectivity index (χ1n) is 12.2. The van der Waals surface area contributed by atoms with E-state index in [1.807, 2.05) is 77.7 Å². The summed E-state index contributed by atoms with van der Waals surface area (Å²) in [6.45, 7) is 1.19. The maximum absolute atomic E-state index is 13.1. The number of amides is 2. The number of likely N-dealkylation sites (tertiary alicyclic amines) is 1. The number of fused-ring (bicyclic) bond motifs is 1. The van der Waals surface area contributed by atoms with Gasteiger partial charge in [-0.1, -0.05) is 42.5 Å². The molecule has 3 heterocycles. The lowest BCUT2D eigenvalue weighted by atomic mass is 10.2. The third kappa shape index (κ3) is 4.97. The van der Waals surface area contributed by atoms with E-state index in [2.05, 4.69) is 30.9 Å². The Balaban J connectivity index is 1.04. The smallest absolute Gasteiger partial charge is 0.272 e. The Kier molecular flexibility index (Phi) is 5.94. The minimum absolute atomic E-state index is 0.0380. The number of hydrogen-bond donors (Lipinski definition) is 3. The van der Waals surface area contributed by atoms with E-state index in [0.717, 1.165) is 11.4 Å². The molecule has 9 nitrogen and oxygen atoms in total. The van der Waals surface area contributed by atoms with Crippen molar-refractivity contribution in [3.63, 3.8) is 0 Å². The molecule has 2 amide bonds. The van der Waals surface area contributed by atoms with Crippen molar-refractivity contribution in [3.8, 4) is 0 Å². The van der Waals surface area contributed by atoms with E-state index in [9.17, 15) is 9.59 Å². The number of nitrogens with zero attached hydrogens (tertiary/aromatic N) is 4. The average molecular weight is 492 g/mol. The molecule has 1 saturated carbocycles. The van der Waals surface area contributed by atoms with Gasteiger partial charge in [-0.05, 0) is 42.5 Å². The zero-order chi connectivity index (χ0) is 25.2. The zero-order valence-corrected chi connectivity index (χ0v) is 19.9. The van der Waals surface area contributed by atoms with Crippen LogP contribution in [0.1, 0.15) is 21.0 Å². The number of benzene rings is 2. The molecule has 37 heavy (non-hydrogen) atoms. The molecule has 6 rings (SSSR count). The van der Waals surface area contributed by atoms with Gasteiger partial charge in [-0.3, -0.25) is 9.59 Å². The Labute approximate surface area is 214 Å². The fraction of sp³-hybridized carbons (Fsp3) is 0.179. The summed E-state index contributed by atoms with van der Waals surface area (Å²) < 4.78 is 0. The van der Waals surface area contributed by atoms with Crippen molar-refractivity contribution < 1.29 is 9.59 Å². The van der Waals surface area contributed by atoms with Gasteiger partial charge >= 0.3 is 0 Å². The van der Waals surface area contributed by atoms with Crippen LogP contribution in [0.15, 0.2) is 91.1 Å². The van der Waals surface area contributed by atoms with Crippen molar-refractivity contribution in [2.45, 2.75) is 6.04 Å². The summed E-state index contributed by atoms with van der Waals surface area (Å²) in [7, 11) is 0. The highest BCUT2D eigenvalue weighted by atomic mass is 16.2. The zero-order valence-electron chi connectivity index (χ0n) is 19.9. The van der Waals surface area contributed by atoms with Crippen LogP contribution < -0.4 is 16.0 Å². The fourth-order valence-corrected chi connectivity index (χ4v) is 4.78. The topological polar surface area (TPSA) is 112 Å². The largest absolute Gasteiger partial charge is 0.347 e. The normalized spacial score (nSPS) is 19.6. The van der Waals surface area contributed by atoms with Crippen molar-refractivity contribution in [1.82, 2.24) is 25.2 Å². The first-order chi connectivity index (χ1) is 18.1. The molecule has 2 fully saturated rings. The summed E-state index contributed by atoms with van der Waals surface area (Å²) in [5.74, 6) is 1.13. The quantitative estimate of drug-likeness (QED) is 0.360. The lowest BCUT2D eigenvalue weighted by molar-refractivity contribution is 0.0763. The molecule has 1 saturated heterocycles. The van der Waals surface area contributed by atoms with Gasteiger partial charge in [0.15, 0.2) is 0 Å². The molecule has 0 bridgehead atoms. The van der Waals surface area contributed by atoms with Crippen LogP contribution in [0.3, 0.4) is 0 Å². The van der Waals surface area contributed by atoms with Gasteiger partial charge in [0.05, 0.1) is 0 Å². The Hall–Kier alpha value is -4.79.